The highest BCUT2D eigenvalue weighted by Gasteiger charge is 2.16. The van der Waals surface area contributed by atoms with Gasteiger partial charge < -0.3 is 14.6 Å². The fourth-order valence-corrected chi connectivity index (χ4v) is 2.21. The molecule has 5 heteroatoms. The molecule has 0 aliphatic rings. The monoisotopic (exact) mass is 261 g/mol. The first kappa shape index (κ1) is 13.5. The molecule has 1 amide bonds. The molecule has 0 spiro atoms. The molecule has 1 atom stereocenters. The fourth-order valence-electron chi connectivity index (χ4n) is 2.21. The largest absolute Gasteiger partial charge is 0.383 e. The molecule has 0 saturated carbocycles. The first-order valence-corrected chi connectivity index (χ1v) is 6.34. The Labute approximate surface area is 112 Å². The van der Waals surface area contributed by atoms with Gasteiger partial charge in [-0.25, -0.2) is 4.98 Å². The van der Waals surface area contributed by atoms with Gasteiger partial charge in [0.25, 0.3) is 0 Å². The van der Waals surface area contributed by atoms with Crippen LogP contribution in [0.3, 0.4) is 0 Å². The lowest BCUT2D eigenvalue weighted by atomic mass is 10.3. The Morgan fingerprint density at radius 3 is 2.89 bits per heavy atom. The number of benzene rings is 1. The van der Waals surface area contributed by atoms with Gasteiger partial charge in [0.1, 0.15) is 5.82 Å². The molecule has 1 heterocycles. The van der Waals surface area contributed by atoms with Gasteiger partial charge in [-0.1, -0.05) is 12.1 Å². The summed E-state index contributed by atoms with van der Waals surface area (Å²) in [6.07, 6.45) is 0. The van der Waals surface area contributed by atoms with E-state index in [9.17, 15) is 4.79 Å². The fraction of sp³-hybridized carbons (Fsp3) is 0.429. The Balaban J connectivity index is 2.42. The molecule has 0 bridgehead atoms. The minimum absolute atomic E-state index is 0.0575. The zero-order valence-corrected chi connectivity index (χ0v) is 11.5. The number of nitrogens with one attached hydrogen (secondary N) is 1. The van der Waals surface area contributed by atoms with Crippen molar-refractivity contribution in [3.8, 4) is 0 Å². The Bertz CT molecular complexity index is 577. The van der Waals surface area contributed by atoms with E-state index in [1.807, 2.05) is 31.2 Å². The second-order valence-electron chi connectivity index (χ2n) is 4.53. The molecule has 2 aromatic rings. The number of hydrogen-bond donors (Lipinski definition) is 1. The molecule has 102 valence electrons. The second-order valence-corrected chi connectivity index (χ2v) is 4.53. The first-order chi connectivity index (χ1) is 9.13. The summed E-state index contributed by atoms with van der Waals surface area (Å²) in [5, 5.41) is 2.87. The summed E-state index contributed by atoms with van der Waals surface area (Å²) in [7, 11) is 1.68. The van der Waals surface area contributed by atoms with Crippen LogP contribution < -0.4 is 5.32 Å². The number of nitrogens with zero attached hydrogens (tertiary/aromatic N) is 2. The van der Waals surface area contributed by atoms with Crippen molar-refractivity contribution >= 4 is 16.9 Å². The van der Waals surface area contributed by atoms with E-state index in [1.54, 1.807) is 7.11 Å². The van der Waals surface area contributed by atoms with Crippen molar-refractivity contribution in [3.63, 3.8) is 0 Å². The van der Waals surface area contributed by atoms with Crippen molar-refractivity contribution in [2.45, 2.75) is 26.4 Å². The zero-order valence-electron chi connectivity index (χ0n) is 11.5. The van der Waals surface area contributed by atoms with E-state index in [1.165, 1.54) is 6.92 Å². The van der Waals surface area contributed by atoms with Crippen LogP contribution >= 0.6 is 0 Å². The van der Waals surface area contributed by atoms with Crippen LogP contribution in [0.15, 0.2) is 24.3 Å². The maximum Gasteiger partial charge on any atom is 0.217 e. The van der Waals surface area contributed by atoms with Crippen molar-refractivity contribution in [3.05, 3.63) is 30.1 Å². The molecule has 1 aromatic carbocycles. The lowest BCUT2D eigenvalue weighted by molar-refractivity contribution is -0.119. The van der Waals surface area contributed by atoms with Crippen molar-refractivity contribution in [1.29, 1.82) is 0 Å². The number of para-hydroxylation sites is 2. The van der Waals surface area contributed by atoms with Gasteiger partial charge in [0.2, 0.25) is 5.91 Å². The smallest absolute Gasteiger partial charge is 0.217 e. The molecule has 0 fully saturated rings. The predicted molar refractivity (Wildman–Crippen MR) is 73.8 cm³/mol. The zero-order chi connectivity index (χ0) is 13.8. The summed E-state index contributed by atoms with van der Waals surface area (Å²) in [5.74, 6) is 0.797. The average Bonchev–Trinajstić information content (AvgIpc) is 2.74. The third kappa shape index (κ3) is 2.93. The van der Waals surface area contributed by atoms with Crippen LogP contribution in [0, 0.1) is 0 Å². The summed E-state index contributed by atoms with van der Waals surface area (Å²) in [6.45, 7) is 4.78. The minimum atomic E-state index is -0.123. The Morgan fingerprint density at radius 2 is 2.21 bits per heavy atom. The van der Waals surface area contributed by atoms with Crippen LogP contribution in [0.5, 0.6) is 0 Å². The molecule has 0 radical (unpaired) electrons. The molecule has 1 unspecified atom stereocenters. The van der Waals surface area contributed by atoms with E-state index in [0.29, 0.717) is 6.61 Å². The molecule has 1 aromatic heterocycles. The minimum Gasteiger partial charge on any atom is -0.383 e. The van der Waals surface area contributed by atoms with E-state index >= 15 is 0 Å². The number of imidazole rings is 1. The topological polar surface area (TPSA) is 56.1 Å². The molecule has 2 rings (SSSR count). The molecular weight excluding hydrogens is 242 g/mol. The van der Waals surface area contributed by atoms with Gasteiger partial charge in [-0.15, -0.1) is 0 Å². The number of ether oxygens (including phenoxy) is 1. The standard InChI is InChI=1S/C14H19N3O2/c1-10(15-11(2)18)14-16-12-6-4-5-7-13(12)17(14)8-9-19-3/h4-7,10H,8-9H2,1-3H3,(H,15,18). The number of fused-ring (bicyclic) bond motifs is 1. The molecule has 5 nitrogen and oxygen atoms in total. The van der Waals surface area contributed by atoms with Gasteiger partial charge >= 0.3 is 0 Å². The summed E-state index contributed by atoms with van der Waals surface area (Å²) < 4.78 is 7.24. The van der Waals surface area contributed by atoms with Crippen molar-refractivity contribution < 1.29 is 9.53 Å². The maximum absolute atomic E-state index is 11.2. The number of amides is 1. The molecule has 0 saturated heterocycles. The predicted octanol–water partition coefficient (Wildman–Crippen LogP) is 1.88. The van der Waals surface area contributed by atoms with E-state index in [0.717, 1.165) is 23.4 Å². The van der Waals surface area contributed by atoms with E-state index < -0.39 is 0 Å². The van der Waals surface area contributed by atoms with Gasteiger partial charge in [0.05, 0.1) is 23.7 Å². The number of aromatic nitrogens is 2. The molecule has 0 aliphatic carbocycles. The summed E-state index contributed by atoms with van der Waals surface area (Å²) in [5.41, 5.74) is 2.00. The van der Waals surface area contributed by atoms with Crippen molar-refractivity contribution in [2.75, 3.05) is 13.7 Å². The van der Waals surface area contributed by atoms with Crippen LogP contribution in [0.1, 0.15) is 25.7 Å². The number of carbonyl (C=O) groups is 1. The quantitative estimate of drug-likeness (QED) is 0.894. The summed E-state index contributed by atoms with van der Waals surface area (Å²) in [6, 6.07) is 7.83. The van der Waals surface area contributed by atoms with Gasteiger partial charge in [0, 0.05) is 20.6 Å². The molecule has 19 heavy (non-hydrogen) atoms. The highest BCUT2D eigenvalue weighted by atomic mass is 16.5. The van der Waals surface area contributed by atoms with Crippen LogP contribution in [-0.4, -0.2) is 29.2 Å². The van der Waals surface area contributed by atoms with Crippen LogP contribution in [-0.2, 0) is 16.1 Å². The maximum atomic E-state index is 11.2. The summed E-state index contributed by atoms with van der Waals surface area (Å²) in [4.78, 5) is 15.8. The third-order valence-corrected chi connectivity index (χ3v) is 3.01. The first-order valence-electron chi connectivity index (χ1n) is 6.34. The lowest BCUT2D eigenvalue weighted by Crippen LogP contribution is -2.26. The molecule has 0 aliphatic heterocycles. The SMILES string of the molecule is COCCn1c(C(C)NC(C)=O)nc2ccccc21. The van der Waals surface area contributed by atoms with Crippen LogP contribution in [0.4, 0.5) is 0 Å². The van der Waals surface area contributed by atoms with Gasteiger partial charge in [-0.3, -0.25) is 4.79 Å². The lowest BCUT2D eigenvalue weighted by Gasteiger charge is -2.15. The van der Waals surface area contributed by atoms with Crippen molar-refractivity contribution in [1.82, 2.24) is 14.9 Å². The normalized spacial score (nSPS) is 12.6. The van der Waals surface area contributed by atoms with E-state index in [-0.39, 0.29) is 11.9 Å². The van der Waals surface area contributed by atoms with Crippen LogP contribution in [0.2, 0.25) is 0 Å². The van der Waals surface area contributed by atoms with Gasteiger partial charge in [-0.2, -0.15) is 0 Å². The van der Waals surface area contributed by atoms with Gasteiger partial charge in [-0.05, 0) is 19.1 Å². The second kappa shape index (κ2) is 5.84. The van der Waals surface area contributed by atoms with E-state index in [4.69, 9.17) is 4.74 Å². The van der Waals surface area contributed by atoms with Crippen LogP contribution in [0.25, 0.3) is 11.0 Å². The van der Waals surface area contributed by atoms with Gasteiger partial charge in [0.15, 0.2) is 0 Å². The Hall–Kier alpha value is -1.88. The van der Waals surface area contributed by atoms with Crippen molar-refractivity contribution in [2.24, 2.45) is 0 Å². The van der Waals surface area contributed by atoms with E-state index in [2.05, 4.69) is 14.9 Å². The highest BCUT2D eigenvalue weighted by molar-refractivity contribution is 5.77. The third-order valence-electron chi connectivity index (χ3n) is 3.01. The Morgan fingerprint density at radius 1 is 1.47 bits per heavy atom. The number of carbonyl (C=O) groups excluding carboxylic acids is 1. The number of rotatable bonds is 5. The average molecular weight is 261 g/mol. The Kier molecular flexibility index (Phi) is 4.16. The molecule has 1 N–H and O–H groups in total. The number of hydrogen-bond acceptors (Lipinski definition) is 3. The summed E-state index contributed by atoms with van der Waals surface area (Å²) >= 11 is 0. The molecular formula is C14H19N3O2. The number of methoxy groups -OCH3 is 1. The highest BCUT2D eigenvalue weighted by Crippen LogP contribution is 2.20.